The Bertz CT molecular complexity index is 826. The quantitative estimate of drug-likeness (QED) is 0.753. The Hall–Kier alpha value is -2.71. The van der Waals surface area contributed by atoms with Crippen LogP contribution in [0.25, 0.3) is 0 Å². The van der Waals surface area contributed by atoms with Gasteiger partial charge in [-0.3, -0.25) is 4.79 Å². The maximum absolute atomic E-state index is 12.9. The van der Waals surface area contributed by atoms with E-state index < -0.39 is 41.4 Å². The molecular weight excluding hydrogens is 376 g/mol. The van der Waals surface area contributed by atoms with Crippen molar-refractivity contribution in [1.29, 1.82) is 0 Å². The third kappa shape index (κ3) is 4.93. The number of aryl methyl sites for hydroxylation is 1. The van der Waals surface area contributed by atoms with Gasteiger partial charge in [0.25, 0.3) is 0 Å². The number of anilines is 1. The van der Waals surface area contributed by atoms with Crippen LogP contribution >= 0.6 is 0 Å². The first-order valence-electron chi connectivity index (χ1n) is 7.63. The molecule has 146 valence electrons. The van der Waals surface area contributed by atoms with Crippen molar-refractivity contribution in [3.8, 4) is 5.75 Å². The maximum Gasteiger partial charge on any atom is 0.416 e. The summed E-state index contributed by atoms with van der Waals surface area (Å²) in [6, 6.07) is 5.36. The molecule has 9 heteroatoms. The van der Waals surface area contributed by atoms with E-state index in [1.807, 2.05) is 0 Å². The summed E-state index contributed by atoms with van der Waals surface area (Å²) in [6.07, 6.45) is -10.6. The minimum atomic E-state index is -4.98. The van der Waals surface area contributed by atoms with Gasteiger partial charge in [0.05, 0.1) is 17.5 Å². The highest BCUT2D eigenvalue weighted by Crippen LogP contribution is 2.36. The number of likely N-dealkylation sites (N-methyl/N-ethyl adjacent to an activating group) is 1. The molecular formula is C18H15F6NO2. The van der Waals surface area contributed by atoms with Gasteiger partial charge in [0.1, 0.15) is 5.75 Å². The summed E-state index contributed by atoms with van der Waals surface area (Å²) in [7, 11) is 1.31. The zero-order valence-corrected chi connectivity index (χ0v) is 14.2. The Kier molecular flexibility index (Phi) is 5.44. The highest BCUT2D eigenvalue weighted by molar-refractivity contribution is 5.94. The van der Waals surface area contributed by atoms with E-state index in [-0.39, 0.29) is 17.5 Å². The van der Waals surface area contributed by atoms with Gasteiger partial charge in [-0.2, -0.15) is 26.3 Å². The molecule has 1 N–H and O–H groups in total. The van der Waals surface area contributed by atoms with Crippen molar-refractivity contribution < 1.29 is 36.2 Å². The molecule has 0 aromatic heterocycles. The number of hydrogen-bond acceptors (Lipinski definition) is 2. The van der Waals surface area contributed by atoms with Crippen molar-refractivity contribution in [2.24, 2.45) is 0 Å². The SMILES string of the molecule is Cc1ccc(N(C)C(=O)Cc2cc(C(F)(F)F)cc(C(F)(F)F)c2)cc1O. The average molecular weight is 391 g/mol. The van der Waals surface area contributed by atoms with Gasteiger partial charge in [0.2, 0.25) is 5.91 Å². The second-order valence-corrected chi connectivity index (χ2v) is 6.01. The van der Waals surface area contributed by atoms with Crippen molar-refractivity contribution in [2.45, 2.75) is 25.7 Å². The first-order chi connectivity index (χ1) is 12.3. The molecule has 0 aliphatic carbocycles. The Morgan fingerprint density at radius 3 is 1.93 bits per heavy atom. The minimum absolute atomic E-state index is 0.00962. The molecule has 2 aromatic rings. The zero-order chi connectivity index (χ0) is 20.6. The fraction of sp³-hybridized carbons (Fsp3) is 0.278. The number of halogens is 6. The Morgan fingerprint density at radius 1 is 0.963 bits per heavy atom. The Labute approximate surface area is 150 Å². The van der Waals surface area contributed by atoms with Crippen LogP contribution < -0.4 is 4.90 Å². The molecule has 0 fully saturated rings. The van der Waals surface area contributed by atoms with Crippen LogP contribution in [0, 0.1) is 6.92 Å². The zero-order valence-electron chi connectivity index (χ0n) is 14.2. The molecule has 0 atom stereocenters. The smallest absolute Gasteiger partial charge is 0.416 e. The number of benzene rings is 2. The molecule has 27 heavy (non-hydrogen) atoms. The second-order valence-electron chi connectivity index (χ2n) is 6.01. The van der Waals surface area contributed by atoms with Crippen LogP contribution in [0.5, 0.6) is 5.75 Å². The molecule has 0 radical (unpaired) electrons. The summed E-state index contributed by atoms with van der Waals surface area (Å²) in [6.45, 7) is 1.63. The summed E-state index contributed by atoms with van der Waals surface area (Å²) < 4.78 is 77.3. The molecule has 2 aromatic carbocycles. The molecule has 1 amide bonds. The predicted molar refractivity (Wildman–Crippen MR) is 86.4 cm³/mol. The summed E-state index contributed by atoms with van der Waals surface area (Å²) >= 11 is 0. The number of amides is 1. The lowest BCUT2D eigenvalue weighted by molar-refractivity contribution is -0.143. The van der Waals surface area contributed by atoms with E-state index in [4.69, 9.17) is 0 Å². The Balaban J connectivity index is 2.34. The van der Waals surface area contributed by atoms with E-state index in [0.717, 1.165) is 4.90 Å². The van der Waals surface area contributed by atoms with Gasteiger partial charge in [-0.15, -0.1) is 0 Å². The van der Waals surface area contributed by atoms with Crippen LogP contribution in [-0.2, 0) is 23.6 Å². The van der Waals surface area contributed by atoms with Gasteiger partial charge in [-0.05, 0) is 42.3 Å². The first-order valence-corrected chi connectivity index (χ1v) is 7.63. The normalized spacial score (nSPS) is 12.1. The summed E-state index contributed by atoms with van der Waals surface area (Å²) in [5.41, 5.74) is -2.56. The lowest BCUT2D eigenvalue weighted by atomic mass is 10.0. The number of phenolic OH excluding ortho intramolecular Hbond substituents is 1. The second kappa shape index (κ2) is 7.13. The number of aromatic hydroxyl groups is 1. The number of carbonyl (C=O) groups excluding carboxylic acids is 1. The van der Waals surface area contributed by atoms with Gasteiger partial charge >= 0.3 is 12.4 Å². The largest absolute Gasteiger partial charge is 0.508 e. The van der Waals surface area contributed by atoms with Gasteiger partial charge in [0.15, 0.2) is 0 Å². The summed E-state index contributed by atoms with van der Waals surface area (Å²) in [5.74, 6) is -0.823. The third-order valence-corrected chi connectivity index (χ3v) is 3.96. The topological polar surface area (TPSA) is 40.5 Å². The van der Waals surface area contributed by atoms with E-state index in [9.17, 15) is 36.2 Å². The minimum Gasteiger partial charge on any atom is -0.508 e. The number of phenols is 1. The summed E-state index contributed by atoms with van der Waals surface area (Å²) in [4.78, 5) is 13.4. The van der Waals surface area contributed by atoms with Gasteiger partial charge in [0, 0.05) is 18.8 Å². The standard InChI is InChI=1S/C18H15F6NO2/c1-10-3-4-14(9-15(10)26)25(2)16(27)7-11-5-12(17(19,20)21)8-13(6-11)18(22,23)24/h3-6,8-9,26H,7H2,1-2H3. The molecule has 0 aliphatic rings. The fourth-order valence-corrected chi connectivity index (χ4v) is 2.37. The predicted octanol–water partition coefficient (Wildman–Crippen LogP) is 4.94. The molecule has 0 saturated heterocycles. The van der Waals surface area contributed by atoms with E-state index in [1.54, 1.807) is 6.92 Å². The van der Waals surface area contributed by atoms with Crippen LogP contribution in [0.1, 0.15) is 22.3 Å². The third-order valence-electron chi connectivity index (χ3n) is 3.96. The van der Waals surface area contributed by atoms with Crippen LogP contribution in [0.4, 0.5) is 32.0 Å². The van der Waals surface area contributed by atoms with E-state index >= 15 is 0 Å². The number of rotatable bonds is 3. The molecule has 2 rings (SSSR count). The molecule has 0 heterocycles. The number of alkyl halides is 6. The molecule has 0 saturated carbocycles. The highest BCUT2D eigenvalue weighted by atomic mass is 19.4. The number of nitrogens with zero attached hydrogens (tertiary/aromatic N) is 1. The summed E-state index contributed by atoms with van der Waals surface area (Å²) in [5, 5.41) is 9.68. The van der Waals surface area contributed by atoms with Crippen LogP contribution in [0.15, 0.2) is 36.4 Å². The van der Waals surface area contributed by atoms with E-state index in [0.29, 0.717) is 17.7 Å². The molecule has 0 aliphatic heterocycles. The van der Waals surface area contributed by atoms with Crippen molar-refractivity contribution >= 4 is 11.6 Å². The molecule has 3 nitrogen and oxygen atoms in total. The van der Waals surface area contributed by atoms with Gasteiger partial charge in [-0.25, -0.2) is 0 Å². The molecule has 0 spiro atoms. The van der Waals surface area contributed by atoms with E-state index in [2.05, 4.69) is 0 Å². The lowest BCUT2D eigenvalue weighted by Gasteiger charge is -2.19. The van der Waals surface area contributed by atoms with Crippen molar-refractivity contribution in [3.05, 3.63) is 58.7 Å². The highest BCUT2D eigenvalue weighted by Gasteiger charge is 2.37. The lowest BCUT2D eigenvalue weighted by Crippen LogP contribution is -2.28. The maximum atomic E-state index is 12.9. The van der Waals surface area contributed by atoms with Crippen molar-refractivity contribution in [2.75, 3.05) is 11.9 Å². The Morgan fingerprint density at radius 2 is 1.48 bits per heavy atom. The van der Waals surface area contributed by atoms with Crippen LogP contribution in [0.3, 0.4) is 0 Å². The van der Waals surface area contributed by atoms with Crippen molar-refractivity contribution in [1.82, 2.24) is 0 Å². The van der Waals surface area contributed by atoms with Crippen molar-refractivity contribution in [3.63, 3.8) is 0 Å². The van der Waals surface area contributed by atoms with Crippen LogP contribution in [0.2, 0.25) is 0 Å². The van der Waals surface area contributed by atoms with Gasteiger partial charge < -0.3 is 10.0 Å². The monoisotopic (exact) mass is 391 g/mol. The number of carbonyl (C=O) groups is 1. The first kappa shape index (κ1) is 20.6. The average Bonchev–Trinajstić information content (AvgIpc) is 2.54. The number of hydrogen-bond donors (Lipinski definition) is 1. The van der Waals surface area contributed by atoms with E-state index in [1.165, 1.54) is 25.2 Å². The van der Waals surface area contributed by atoms with Gasteiger partial charge in [-0.1, -0.05) is 6.07 Å². The fourth-order valence-electron chi connectivity index (χ4n) is 2.37. The molecule has 0 unspecified atom stereocenters. The van der Waals surface area contributed by atoms with Crippen LogP contribution in [-0.4, -0.2) is 18.1 Å². The molecule has 0 bridgehead atoms.